The number of nitrogens with zero attached hydrogens (tertiary/aromatic N) is 2. The van der Waals surface area contributed by atoms with Gasteiger partial charge in [-0.2, -0.15) is 18.4 Å². The van der Waals surface area contributed by atoms with Crippen molar-refractivity contribution in [2.24, 2.45) is 23.7 Å². The van der Waals surface area contributed by atoms with Crippen LogP contribution in [-0.4, -0.2) is 58.1 Å². The lowest BCUT2D eigenvalue weighted by Crippen LogP contribution is -2.62. The molecule has 3 aliphatic heterocycles. The maximum absolute atomic E-state index is 13.7. The molecule has 0 aromatic rings. The molecule has 0 radical (unpaired) electrons. The SMILES string of the molecule is C[C@]1(O)C(=O)NC2NCCC(C3NN(C4(CC#N)CCC4)C4CC(C(F)(F)F)CCC34)C21. The van der Waals surface area contributed by atoms with E-state index in [2.05, 4.69) is 22.1 Å². The monoisotopic (exact) mass is 455 g/mol. The molecular formula is C22H32F3N5O2. The van der Waals surface area contributed by atoms with Crippen LogP contribution < -0.4 is 16.1 Å². The number of fused-ring (bicyclic) bond motifs is 2. The molecular weight excluding hydrogens is 423 g/mol. The Kier molecular flexibility index (Phi) is 5.28. The number of nitrogens with one attached hydrogen (secondary N) is 3. The summed E-state index contributed by atoms with van der Waals surface area (Å²) < 4.78 is 41.0. The number of halogens is 3. The number of amides is 1. The molecule has 8 atom stereocenters. The third-order valence-electron chi connectivity index (χ3n) is 9.14. The number of carbonyl (C=O) groups is 1. The standard InChI is InChI=1S/C22H32F3N5O2/c1-20(32)16-14(5-10-27-18(16)28-19(20)31)17-13-4-3-12(22(23,24)25)11-15(13)30(29-17)21(8-9-26)6-2-7-21/h12-18,27,29,32H,2-8,10-11H2,1H3,(H,28,31)/t12?,13?,14?,15?,16?,17?,18?,20-/m1/s1. The van der Waals surface area contributed by atoms with Gasteiger partial charge in [0.05, 0.1) is 24.6 Å². The summed E-state index contributed by atoms with van der Waals surface area (Å²) in [5.41, 5.74) is 1.66. The zero-order chi connectivity index (χ0) is 22.9. The molecule has 1 amide bonds. The van der Waals surface area contributed by atoms with Crippen molar-refractivity contribution in [3.8, 4) is 6.07 Å². The van der Waals surface area contributed by atoms with Gasteiger partial charge < -0.3 is 10.4 Å². The average Bonchev–Trinajstić information content (AvgIpc) is 3.19. The Bertz CT molecular complexity index is 808. The van der Waals surface area contributed by atoms with Gasteiger partial charge in [-0.25, -0.2) is 5.01 Å². The lowest BCUT2D eigenvalue weighted by molar-refractivity contribution is -0.191. The fourth-order valence-corrected chi connectivity index (χ4v) is 7.36. The molecule has 7 unspecified atom stereocenters. The first-order valence-electron chi connectivity index (χ1n) is 11.8. The number of alkyl halides is 3. The summed E-state index contributed by atoms with van der Waals surface area (Å²) in [4.78, 5) is 12.4. The molecule has 10 heteroatoms. The van der Waals surface area contributed by atoms with Crippen LogP contribution in [0, 0.1) is 35.0 Å². The van der Waals surface area contributed by atoms with Crippen LogP contribution >= 0.6 is 0 Å². The number of hydrogen-bond donors (Lipinski definition) is 4. The predicted octanol–water partition coefficient (Wildman–Crippen LogP) is 1.79. The van der Waals surface area contributed by atoms with Gasteiger partial charge in [0, 0.05) is 23.5 Å². The number of hydrogen-bond acceptors (Lipinski definition) is 6. The van der Waals surface area contributed by atoms with Crippen LogP contribution in [0.25, 0.3) is 0 Å². The van der Waals surface area contributed by atoms with E-state index in [-0.39, 0.29) is 48.8 Å². The summed E-state index contributed by atoms with van der Waals surface area (Å²) in [6, 6.07) is 1.85. The third kappa shape index (κ3) is 3.27. The smallest absolute Gasteiger partial charge is 0.380 e. The van der Waals surface area contributed by atoms with Gasteiger partial charge in [-0.15, -0.1) is 0 Å². The molecule has 3 saturated heterocycles. The van der Waals surface area contributed by atoms with E-state index < -0.39 is 29.1 Å². The summed E-state index contributed by atoms with van der Waals surface area (Å²) in [6.45, 7) is 2.22. The van der Waals surface area contributed by atoms with Crippen molar-refractivity contribution >= 4 is 5.91 Å². The lowest BCUT2D eigenvalue weighted by Gasteiger charge is -2.51. The fourth-order valence-electron chi connectivity index (χ4n) is 7.36. The zero-order valence-corrected chi connectivity index (χ0v) is 18.3. The molecule has 2 saturated carbocycles. The molecule has 0 spiro atoms. The number of nitriles is 1. The molecule has 7 nitrogen and oxygen atoms in total. The topological polar surface area (TPSA) is 100 Å². The van der Waals surface area contributed by atoms with E-state index in [4.69, 9.17) is 0 Å². The molecule has 2 aliphatic carbocycles. The highest BCUT2D eigenvalue weighted by molar-refractivity contribution is 5.87. The Morgan fingerprint density at radius 2 is 2.00 bits per heavy atom. The number of aliphatic hydroxyl groups is 1. The minimum absolute atomic E-state index is 0.0000184. The van der Waals surface area contributed by atoms with Gasteiger partial charge in [0.15, 0.2) is 0 Å². The first-order chi connectivity index (χ1) is 15.1. The number of carbonyl (C=O) groups excluding carboxylic acids is 1. The molecule has 5 rings (SSSR count). The Morgan fingerprint density at radius 1 is 1.25 bits per heavy atom. The minimum Gasteiger partial charge on any atom is -0.380 e. The van der Waals surface area contributed by atoms with Gasteiger partial charge in [-0.3, -0.25) is 15.5 Å². The van der Waals surface area contributed by atoms with Gasteiger partial charge in [-0.1, -0.05) is 0 Å². The van der Waals surface area contributed by atoms with Crippen LogP contribution in [0.15, 0.2) is 0 Å². The van der Waals surface area contributed by atoms with Crippen LogP contribution in [0.5, 0.6) is 0 Å². The largest absolute Gasteiger partial charge is 0.391 e. The molecule has 4 N–H and O–H groups in total. The van der Waals surface area contributed by atoms with Crippen LogP contribution in [-0.2, 0) is 4.79 Å². The lowest BCUT2D eigenvalue weighted by atomic mass is 9.65. The van der Waals surface area contributed by atoms with Crippen LogP contribution in [0.4, 0.5) is 13.2 Å². The molecule has 5 fully saturated rings. The second kappa shape index (κ2) is 7.55. The van der Waals surface area contributed by atoms with E-state index in [9.17, 15) is 28.3 Å². The number of rotatable bonds is 3. The van der Waals surface area contributed by atoms with Gasteiger partial charge in [0.1, 0.15) is 5.60 Å². The highest BCUT2D eigenvalue weighted by Crippen LogP contribution is 2.53. The van der Waals surface area contributed by atoms with Crippen molar-refractivity contribution in [3.05, 3.63) is 0 Å². The summed E-state index contributed by atoms with van der Waals surface area (Å²) in [7, 11) is 0. The van der Waals surface area contributed by atoms with Crippen molar-refractivity contribution in [1.82, 2.24) is 21.1 Å². The second-order valence-electron chi connectivity index (χ2n) is 10.8. The van der Waals surface area contributed by atoms with Gasteiger partial charge in [-0.05, 0) is 70.3 Å². The molecule has 178 valence electrons. The van der Waals surface area contributed by atoms with Crippen molar-refractivity contribution in [2.45, 2.75) is 93.9 Å². The molecule has 3 heterocycles. The molecule has 0 aromatic heterocycles. The highest BCUT2D eigenvalue weighted by atomic mass is 19.4. The predicted molar refractivity (Wildman–Crippen MR) is 108 cm³/mol. The first-order valence-corrected chi connectivity index (χ1v) is 11.8. The Morgan fingerprint density at radius 3 is 2.62 bits per heavy atom. The molecule has 0 aromatic carbocycles. The number of piperidine rings is 1. The van der Waals surface area contributed by atoms with E-state index in [0.717, 1.165) is 25.7 Å². The average molecular weight is 456 g/mol. The van der Waals surface area contributed by atoms with Gasteiger partial charge in [0.25, 0.3) is 5.91 Å². The summed E-state index contributed by atoms with van der Waals surface area (Å²) in [5, 5.41) is 28.6. The van der Waals surface area contributed by atoms with Crippen molar-refractivity contribution in [1.29, 1.82) is 5.26 Å². The van der Waals surface area contributed by atoms with E-state index in [1.165, 1.54) is 0 Å². The van der Waals surface area contributed by atoms with Gasteiger partial charge in [0.2, 0.25) is 0 Å². The second-order valence-corrected chi connectivity index (χ2v) is 10.8. The van der Waals surface area contributed by atoms with Crippen molar-refractivity contribution < 1.29 is 23.1 Å². The maximum Gasteiger partial charge on any atom is 0.391 e. The Hall–Kier alpha value is -1.41. The van der Waals surface area contributed by atoms with E-state index in [1.807, 2.05) is 5.01 Å². The number of hydrazine groups is 1. The fraction of sp³-hybridized carbons (Fsp3) is 0.909. The molecule has 0 bridgehead atoms. The highest BCUT2D eigenvalue weighted by Gasteiger charge is 2.62. The molecule has 5 aliphatic rings. The van der Waals surface area contributed by atoms with Crippen LogP contribution in [0.2, 0.25) is 0 Å². The normalized spacial score (nSPS) is 46.0. The van der Waals surface area contributed by atoms with E-state index in [0.29, 0.717) is 19.4 Å². The minimum atomic E-state index is -4.22. The Labute approximate surface area is 186 Å². The van der Waals surface area contributed by atoms with Gasteiger partial charge >= 0.3 is 6.18 Å². The van der Waals surface area contributed by atoms with E-state index in [1.54, 1.807) is 6.92 Å². The van der Waals surface area contributed by atoms with Crippen LogP contribution in [0.3, 0.4) is 0 Å². The third-order valence-corrected chi connectivity index (χ3v) is 9.14. The summed E-state index contributed by atoms with van der Waals surface area (Å²) >= 11 is 0. The van der Waals surface area contributed by atoms with Crippen molar-refractivity contribution in [3.63, 3.8) is 0 Å². The Balaban J connectivity index is 1.47. The summed E-state index contributed by atoms with van der Waals surface area (Å²) in [5.74, 6) is -2.16. The first kappa shape index (κ1) is 22.4. The summed E-state index contributed by atoms with van der Waals surface area (Å²) in [6.07, 6.45) is -0.362. The zero-order valence-electron chi connectivity index (χ0n) is 18.3. The maximum atomic E-state index is 13.7. The van der Waals surface area contributed by atoms with E-state index >= 15 is 0 Å². The van der Waals surface area contributed by atoms with Crippen molar-refractivity contribution in [2.75, 3.05) is 6.54 Å². The molecule has 32 heavy (non-hydrogen) atoms. The van der Waals surface area contributed by atoms with Crippen LogP contribution in [0.1, 0.15) is 58.3 Å². The quantitative estimate of drug-likeness (QED) is 0.518.